The highest BCUT2D eigenvalue weighted by molar-refractivity contribution is 7.89. The van der Waals surface area contributed by atoms with Crippen molar-refractivity contribution < 1.29 is 17.6 Å². The Hall–Kier alpha value is -1.47. The lowest BCUT2D eigenvalue weighted by Crippen LogP contribution is -2.51. The first-order valence-corrected chi connectivity index (χ1v) is 12.2. The fourth-order valence-corrected chi connectivity index (χ4v) is 7.46. The first-order valence-electron chi connectivity index (χ1n) is 10.7. The molecular weight excluding hydrogens is 391 g/mol. The maximum atomic E-state index is 13.0. The van der Waals surface area contributed by atoms with Crippen molar-refractivity contribution >= 4 is 15.9 Å². The van der Waals surface area contributed by atoms with Crippen molar-refractivity contribution in [2.24, 2.45) is 23.2 Å². The molecule has 29 heavy (non-hydrogen) atoms. The Balaban J connectivity index is 1.22. The average molecular weight is 423 g/mol. The number of carbonyl (C=O) groups is 1. The van der Waals surface area contributed by atoms with E-state index in [4.69, 9.17) is 0 Å². The summed E-state index contributed by atoms with van der Waals surface area (Å²) in [7, 11) is -2.17. The van der Waals surface area contributed by atoms with E-state index < -0.39 is 15.8 Å². The summed E-state index contributed by atoms with van der Waals surface area (Å²) < 4.78 is 39.3. The van der Waals surface area contributed by atoms with Crippen molar-refractivity contribution in [3.8, 4) is 0 Å². The van der Waals surface area contributed by atoms with Gasteiger partial charge in [-0.1, -0.05) is 0 Å². The molecule has 5 nitrogen and oxygen atoms in total. The maximum absolute atomic E-state index is 13.0. The van der Waals surface area contributed by atoms with E-state index in [1.165, 1.54) is 62.0 Å². The summed E-state index contributed by atoms with van der Waals surface area (Å²) in [6.07, 6.45) is 8.74. The summed E-state index contributed by atoms with van der Waals surface area (Å²) in [5.74, 6) is 2.13. The van der Waals surface area contributed by atoms with Gasteiger partial charge in [0.2, 0.25) is 15.9 Å². The highest BCUT2D eigenvalue weighted by Gasteiger charge is 2.50. The fourth-order valence-electron chi connectivity index (χ4n) is 6.25. The molecule has 0 saturated heterocycles. The number of hydrogen-bond donors (Lipinski definition) is 1. The number of rotatable bonds is 8. The van der Waals surface area contributed by atoms with Crippen LogP contribution < -0.4 is 5.32 Å². The zero-order valence-electron chi connectivity index (χ0n) is 17.1. The van der Waals surface area contributed by atoms with E-state index in [2.05, 4.69) is 5.32 Å². The number of carbonyl (C=O) groups excluding carboxylic acids is 1. The molecule has 5 rings (SSSR count). The number of halogens is 1. The Bertz CT molecular complexity index is 818. The fraction of sp³-hybridized carbons (Fsp3) is 0.682. The Morgan fingerprint density at radius 1 is 1.10 bits per heavy atom. The average Bonchev–Trinajstić information content (AvgIpc) is 2.65. The van der Waals surface area contributed by atoms with E-state index in [-0.39, 0.29) is 17.3 Å². The second-order valence-corrected chi connectivity index (χ2v) is 11.6. The van der Waals surface area contributed by atoms with Gasteiger partial charge in [-0.05, 0) is 92.4 Å². The molecule has 1 aromatic rings. The summed E-state index contributed by atoms with van der Waals surface area (Å²) in [6.45, 7) is 1.03. The molecule has 0 atom stereocenters. The Morgan fingerprint density at radius 3 is 2.21 bits per heavy atom. The molecule has 1 amide bonds. The zero-order chi connectivity index (χ0) is 20.6. The van der Waals surface area contributed by atoms with Gasteiger partial charge in [-0.15, -0.1) is 0 Å². The number of sulfonamides is 1. The molecule has 0 unspecified atom stereocenters. The van der Waals surface area contributed by atoms with Crippen LogP contribution in [-0.4, -0.2) is 38.8 Å². The topological polar surface area (TPSA) is 66.5 Å². The molecule has 160 valence electrons. The minimum absolute atomic E-state index is 0.00771. The van der Waals surface area contributed by atoms with Gasteiger partial charge in [-0.2, -0.15) is 0 Å². The molecule has 0 spiro atoms. The smallest absolute Gasteiger partial charge is 0.242 e. The summed E-state index contributed by atoms with van der Waals surface area (Å²) >= 11 is 0. The third-order valence-electron chi connectivity index (χ3n) is 7.22. The van der Waals surface area contributed by atoms with Gasteiger partial charge >= 0.3 is 0 Å². The van der Waals surface area contributed by atoms with Crippen molar-refractivity contribution in [1.82, 2.24) is 9.62 Å². The third kappa shape index (κ3) is 4.50. The molecule has 4 saturated carbocycles. The largest absolute Gasteiger partial charge is 0.356 e. The lowest BCUT2D eigenvalue weighted by atomic mass is 9.49. The first-order chi connectivity index (χ1) is 13.8. The summed E-state index contributed by atoms with van der Waals surface area (Å²) in [5, 5.41) is 3.14. The predicted molar refractivity (Wildman–Crippen MR) is 109 cm³/mol. The minimum Gasteiger partial charge on any atom is -0.356 e. The van der Waals surface area contributed by atoms with E-state index in [0.29, 0.717) is 18.3 Å². The summed E-state index contributed by atoms with van der Waals surface area (Å²) in [4.78, 5) is 12.4. The zero-order valence-corrected chi connectivity index (χ0v) is 17.9. The first kappa shape index (κ1) is 20.8. The second-order valence-electron chi connectivity index (χ2n) is 9.58. The maximum Gasteiger partial charge on any atom is 0.242 e. The van der Waals surface area contributed by atoms with Crippen LogP contribution in [0.3, 0.4) is 0 Å². The highest BCUT2D eigenvalue weighted by Crippen LogP contribution is 2.59. The summed E-state index contributed by atoms with van der Waals surface area (Å²) in [6, 6.07) is 4.80. The van der Waals surface area contributed by atoms with Crippen molar-refractivity contribution in [2.45, 2.75) is 56.3 Å². The Morgan fingerprint density at radius 2 is 1.66 bits per heavy atom. The van der Waals surface area contributed by atoms with Gasteiger partial charge in [0.25, 0.3) is 0 Å². The lowest BCUT2D eigenvalue weighted by molar-refractivity contribution is -0.123. The Labute approximate surface area is 173 Å². The molecular formula is C22H31FN2O3S. The van der Waals surface area contributed by atoms with Crippen LogP contribution in [-0.2, 0) is 14.8 Å². The number of nitrogens with zero attached hydrogens (tertiary/aromatic N) is 1. The van der Waals surface area contributed by atoms with E-state index in [9.17, 15) is 17.6 Å². The van der Waals surface area contributed by atoms with E-state index in [1.807, 2.05) is 0 Å². The molecule has 4 aliphatic rings. The lowest BCUT2D eigenvalue weighted by Gasteiger charge is -2.56. The van der Waals surface area contributed by atoms with Crippen molar-refractivity contribution in [3.05, 3.63) is 30.1 Å². The molecule has 0 heterocycles. The quantitative estimate of drug-likeness (QED) is 0.697. The van der Waals surface area contributed by atoms with Crippen LogP contribution >= 0.6 is 0 Å². The van der Waals surface area contributed by atoms with Crippen LogP contribution in [0.2, 0.25) is 0 Å². The van der Waals surface area contributed by atoms with Crippen LogP contribution in [0.15, 0.2) is 29.2 Å². The van der Waals surface area contributed by atoms with Gasteiger partial charge in [-0.25, -0.2) is 17.1 Å². The van der Waals surface area contributed by atoms with Crippen molar-refractivity contribution in [3.63, 3.8) is 0 Å². The van der Waals surface area contributed by atoms with Crippen LogP contribution in [0.4, 0.5) is 4.39 Å². The molecule has 4 fully saturated rings. The molecule has 1 N–H and O–H groups in total. The van der Waals surface area contributed by atoms with Crippen LogP contribution in [0.1, 0.15) is 51.4 Å². The number of nitrogens with one attached hydrogen (secondary N) is 1. The molecule has 7 heteroatoms. The van der Waals surface area contributed by atoms with Gasteiger partial charge in [0, 0.05) is 26.6 Å². The third-order valence-corrected chi connectivity index (χ3v) is 9.10. The molecule has 0 aliphatic heterocycles. The van der Waals surface area contributed by atoms with Crippen molar-refractivity contribution in [2.75, 3.05) is 20.1 Å². The molecule has 0 radical (unpaired) electrons. The van der Waals surface area contributed by atoms with Gasteiger partial charge in [-0.3, -0.25) is 4.79 Å². The monoisotopic (exact) mass is 422 g/mol. The Kier molecular flexibility index (Phi) is 5.73. The molecule has 0 aromatic heterocycles. The van der Waals surface area contributed by atoms with Crippen LogP contribution in [0.25, 0.3) is 0 Å². The SMILES string of the molecule is CN(CCCC(=O)NCC12CC3CC(CC(C3)C1)C2)S(=O)(=O)c1ccc(F)cc1. The minimum atomic E-state index is -3.66. The van der Waals surface area contributed by atoms with E-state index >= 15 is 0 Å². The van der Waals surface area contributed by atoms with Gasteiger partial charge in [0.1, 0.15) is 5.82 Å². The van der Waals surface area contributed by atoms with Crippen LogP contribution in [0.5, 0.6) is 0 Å². The number of amides is 1. The normalized spacial score (nSPS) is 30.7. The molecule has 4 bridgehead atoms. The molecule has 1 aromatic carbocycles. The van der Waals surface area contributed by atoms with E-state index in [1.54, 1.807) is 0 Å². The van der Waals surface area contributed by atoms with E-state index in [0.717, 1.165) is 36.4 Å². The highest BCUT2D eigenvalue weighted by atomic mass is 32.2. The van der Waals surface area contributed by atoms with Gasteiger partial charge < -0.3 is 5.32 Å². The number of benzene rings is 1. The van der Waals surface area contributed by atoms with Crippen LogP contribution in [0, 0.1) is 29.0 Å². The van der Waals surface area contributed by atoms with Gasteiger partial charge in [0.15, 0.2) is 0 Å². The molecule has 4 aliphatic carbocycles. The predicted octanol–water partition coefficient (Wildman–Crippen LogP) is 3.56. The number of hydrogen-bond acceptors (Lipinski definition) is 3. The summed E-state index contributed by atoms with van der Waals surface area (Å²) in [5.41, 5.74) is 0.313. The van der Waals surface area contributed by atoms with Crippen molar-refractivity contribution in [1.29, 1.82) is 0 Å². The standard InChI is InChI=1S/C22H31FN2O3S/c1-25(29(27,28)20-6-4-19(23)5-7-20)8-2-3-21(26)24-15-22-12-16-9-17(13-22)11-18(10-16)14-22/h4-7,16-18H,2-3,8-15H2,1H3,(H,24,26). The second kappa shape index (κ2) is 7.99. The van der Waals surface area contributed by atoms with Gasteiger partial charge in [0.05, 0.1) is 4.90 Å².